The van der Waals surface area contributed by atoms with Crippen molar-refractivity contribution in [3.05, 3.63) is 61.9 Å². The number of nitro groups is 1. The molecule has 2 rings (SSSR count). The molecule has 0 aliphatic carbocycles. The van der Waals surface area contributed by atoms with E-state index >= 15 is 0 Å². The van der Waals surface area contributed by atoms with Gasteiger partial charge in [-0.15, -0.1) is 0 Å². The number of hydrogen-bond donors (Lipinski definition) is 1. The molecule has 0 radical (unpaired) electrons. The van der Waals surface area contributed by atoms with Gasteiger partial charge in [0.1, 0.15) is 5.69 Å². The first-order chi connectivity index (χ1) is 9.38. The van der Waals surface area contributed by atoms with Gasteiger partial charge in [0.25, 0.3) is 5.69 Å². The summed E-state index contributed by atoms with van der Waals surface area (Å²) in [6, 6.07) is 5.77. The molecule has 0 aliphatic rings. The van der Waals surface area contributed by atoms with Gasteiger partial charge in [-0.3, -0.25) is 10.1 Å². The lowest BCUT2D eigenvalue weighted by molar-refractivity contribution is -0.384. The van der Waals surface area contributed by atoms with Crippen LogP contribution in [0.5, 0.6) is 0 Å². The van der Waals surface area contributed by atoms with Crippen molar-refractivity contribution >= 4 is 34.9 Å². The average molecular weight is 315 g/mol. The minimum atomic E-state index is -1.25. The van der Waals surface area contributed by atoms with Crippen LogP contribution < -0.4 is 0 Å². The van der Waals surface area contributed by atoms with Gasteiger partial charge >= 0.3 is 5.97 Å². The largest absolute Gasteiger partial charge is 0.477 e. The Labute approximate surface area is 123 Å². The van der Waals surface area contributed by atoms with E-state index in [1.165, 1.54) is 4.57 Å². The van der Waals surface area contributed by atoms with E-state index in [0.29, 0.717) is 15.6 Å². The topological polar surface area (TPSA) is 85.4 Å². The number of aromatic carboxylic acids is 1. The number of aromatic nitrogens is 1. The van der Waals surface area contributed by atoms with E-state index in [4.69, 9.17) is 28.3 Å². The fourth-order valence-corrected chi connectivity index (χ4v) is 2.12. The molecule has 2 aromatic rings. The molecule has 0 fully saturated rings. The molecular formula is C12H8Cl2N2O4. The number of carboxylic acids is 1. The highest BCUT2D eigenvalue weighted by Gasteiger charge is 2.19. The molecule has 1 N–H and O–H groups in total. The summed E-state index contributed by atoms with van der Waals surface area (Å²) in [7, 11) is 0. The fraction of sp³-hybridized carbons (Fsp3) is 0.0833. The van der Waals surface area contributed by atoms with E-state index in [0.717, 1.165) is 12.3 Å². The van der Waals surface area contributed by atoms with Crippen molar-refractivity contribution in [2.75, 3.05) is 0 Å². The summed E-state index contributed by atoms with van der Waals surface area (Å²) in [4.78, 5) is 21.2. The van der Waals surface area contributed by atoms with Crippen LogP contribution in [0.2, 0.25) is 10.0 Å². The smallest absolute Gasteiger partial charge is 0.352 e. The third-order valence-electron chi connectivity index (χ3n) is 2.66. The monoisotopic (exact) mass is 314 g/mol. The molecule has 0 saturated carbocycles. The van der Waals surface area contributed by atoms with Gasteiger partial charge in [-0.25, -0.2) is 4.79 Å². The van der Waals surface area contributed by atoms with Crippen molar-refractivity contribution in [3.8, 4) is 0 Å². The maximum Gasteiger partial charge on any atom is 0.352 e. The second-order valence-corrected chi connectivity index (χ2v) is 4.85. The molecule has 0 spiro atoms. The van der Waals surface area contributed by atoms with Crippen LogP contribution in [-0.4, -0.2) is 20.6 Å². The predicted molar refractivity (Wildman–Crippen MR) is 73.6 cm³/mol. The second kappa shape index (κ2) is 5.52. The van der Waals surface area contributed by atoms with E-state index in [9.17, 15) is 14.9 Å². The van der Waals surface area contributed by atoms with Crippen LogP contribution in [-0.2, 0) is 6.54 Å². The summed E-state index contributed by atoms with van der Waals surface area (Å²) >= 11 is 11.8. The molecule has 20 heavy (non-hydrogen) atoms. The Morgan fingerprint density at radius 1 is 1.35 bits per heavy atom. The summed E-state index contributed by atoms with van der Waals surface area (Å²) in [5, 5.41) is 20.6. The summed E-state index contributed by atoms with van der Waals surface area (Å²) in [6.07, 6.45) is 1.15. The lowest BCUT2D eigenvalue weighted by Gasteiger charge is -2.08. The minimum Gasteiger partial charge on any atom is -0.477 e. The minimum absolute atomic E-state index is 0.0782. The highest BCUT2D eigenvalue weighted by molar-refractivity contribution is 6.33. The summed E-state index contributed by atoms with van der Waals surface area (Å²) in [5.41, 5.74) is 0.0976. The van der Waals surface area contributed by atoms with Gasteiger partial charge in [0.05, 0.1) is 11.1 Å². The lowest BCUT2D eigenvalue weighted by atomic mass is 10.2. The van der Waals surface area contributed by atoms with Crippen molar-refractivity contribution in [2.24, 2.45) is 0 Å². The molecule has 0 atom stereocenters. The molecular weight excluding hydrogens is 307 g/mol. The molecule has 1 aromatic heterocycles. The average Bonchev–Trinajstić information content (AvgIpc) is 2.78. The van der Waals surface area contributed by atoms with Crippen LogP contribution in [0.25, 0.3) is 0 Å². The molecule has 1 aromatic carbocycles. The van der Waals surface area contributed by atoms with Gasteiger partial charge in [0.15, 0.2) is 0 Å². The van der Waals surface area contributed by atoms with Gasteiger partial charge in [0.2, 0.25) is 0 Å². The van der Waals surface area contributed by atoms with Crippen molar-refractivity contribution in [1.82, 2.24) is 4.57 Å². The predicted octanol–water partition coefficient (Wildman–Crippen LogP) is 3.45. The number of rotatable bonds is 4. The molecule has 1 heterocycles. The van der Waals surface area contributed by atoms with Crippen LogP contribution in [0.3, 0.4) is 0 Å². The van der Waals surface area contributed by atoms with E-state index in [-0.39, 0.29) is 17.9 Å². The molecule has 8 heteroatoms. The molecule has 0 bridgehead atoms. The Hall–Kier alpha value is -2.05. The SMILES string of the molecule is O=C(O)c1cc([N+](=O)[O-])cn1Cc1cc(Cl)ccc1Cl. The second-order valence-electron chi connectivity index (χ2n) is 4.01. The third kappa shape index (κ3) is 2.92. The zero-order valence-corrected chi connectivity index (χ0v) is 11.4. The Balaban J connectivity index is 2.44. The number of hydrogen-bond acceptors (Lipinski definition) is 3. The first kappa shape index (κ1) is 14.4. The van der Waals surface area contributed by atoms with Gasteiger partial charge in [-0.2, -0.15) is 0 Å². The van der Waals surface area contributed by atoms with Gasteiger partial charge in [0, 0.05) is 22.7 Å². The Kier molecular flexibility index (Phi) is 3.96. The van der Waals surface area contributed by atoms with Crippen LogP contribution in [0, 0.1) is 10.1 Å². The zero-order chi connectivity index (χ0) is 14.9. The summed E-state index contributed by atoms with van der Waals surface area (Å²) in [5.74, 6) is -1.25. The number of nitrogens with zero attached hydrogens (tertiary/aromatic N) is 2. The summed E-state index contributed by atoms with van der Waals surface area (Å²) < 4.78 is 1.25. The number of benzene rings is 1. The highest BCUT2D eigenvalue weighted by Crippen LogP contribution is 2.24. The van der Waals surface area contributed by atoms with E-state index in [1.54, 1.807) is 18.2 Å². The van der Waals surface area contributed by atoms with Crippen LogP contribution in [0.1, 0.15) is 16.1 Å². The number of halogens is 2. The Bertz CT molecular complexity index is 697. The maximum atomic E-state index is 11.1. The van der Waals surface area contributed by atoms with Crippen molar-refractivity contribution < 1.29 is 14.8 Å². The highest BCUT2D eigenvalue weighted by atomic mass is 35.5. The third-order valence-corrected chi connectivity index (χ3v) is 3.26. The molecule has 6 nitrogen and oxygen atoms in total. The van der Waals surface area contributed by atoms with Gasteiger partial charge < -0.3 is 9.67 Å². The molecule has 104 valence electrons. The van der Waals surface area contributed by atoms with E-state index in [2.05, 4.69) is 0 Å². The molecule has 0 saturated heterocycles. The zero-order valence-electron chi connectivity index (χ0n) is 9.92. The first-order valence-electron chi connectivity index (χ1n) is 5.40. The van der Waals surface area contributed by atoms with E-state index in [1.807, 2.05) is 0 Å². The van der Waals surface area contributed by atoms with Crippen molar-refractivity contribution in [2.45, 2.75) is 6.54 Å². The summed E-state index contributed by atoms with van der Waals surface area (Å²) in [6.45, 7) is 0.0782. The van der Waals surface area contributed by atoms with Crippen molar-refractivity contribution in [3.63, 3.8) is 0 Å². The van der Waals surface area contributed by atoms with Crippen molar-refractivity contribution in [1.29, 1.82) is 0 Å². The van der Waals surface area contributed by atoms with Crippen LogP contribution in [0.15, 0.2) is 30.5 Å². The first-order valence-corrected chi connectivity index (χ1v) is 6.16. The number of carbonyl (C=O) groups is 1. The standard InChI is InChI=1S/C12H8Cl2N2O4/c13-8-1-2-10(14)7(3-8)5-15-6-9(16(19)20)4-11(15)12(17)18/h1-4,6H,5H2,(H,17,18). The Morgan fingerprint density at radius 2 is 2.05 bits per heavy atom. The van der Waals surface area contributed by atoms with Gasteiger partial charge in [-0.05, 0) is 23.8 Å². The molecule has 0 aliphatic heterocycles. The molecule has 0 unspecified atom stereocenters. The Morgan fingerprint density at radius 3 is 2.65 bits per heavy atom. The fourth-order valence-electron chi connectivity index (χ4n) is 1.75. The van der Waals surface area contributed by atoms with E-state index < -0.39 is 10.9 Å². The number of carboxylic acid groups (broad SMARTS) is 1. The lowest BCUT2D eigenvalue weighted by Crippen LogP contribution is -2.08. The normalized spacial score (nSPS) is 10.5. The quantitative estimate of drug-likeness (QED) is 0.691. The van der Waals surface area contributed by atoms with Crippen LogP contribution in [0.4, 0.5) is 5.69 Å². The van der Waals surface area contributed by atoms with Crippen LogP contribution >= 0.6 is 23.2 Å². The van der Waals surface area contributed by atoms with Gasteiger partial charge in [-0.1, -0.05) is 23.2 Å². The maximum absolute atomic E-state index is 11.1. The molecule has 0 amide bonds.